The number of benzene rings is 1. The van der Waals surface area contributed by atoms with Gasteiger partial charge in [0.1, 0.15) is 5.76 Å². The monoisotopic (exact) mass is 248 g/mol. The highest BCUT2D eigenvalue weighted by Crippen LogP contribution is 2.23. The van der Waals surface area contributed by atoms with Crippen molar-refractivity contribution in [1.82, 2.24) is 0 Å². The van der Waals surface area contributed by atoms with E-state index in [9.17, 15) is 4.79 Å². The second-order valence-corrected chi connectivity index (χ2v) is 4.26. The quantitative estimate of drug-likeness (QED) is 0.768. The fraction of sp³-hybridized carbons (Fsp3) is 0.214. The van der Waals surface area contributed by atoms with Crippen LogP contribution in [0.3, 0.4) is 0 Å². The Morgan fingerprint density at radius 1 is 1.29 bits per heavy atom. The lowest BCUT2D eigenvalue weighted by molar-refractivity contribution is 0.101. The second-order valence-electron chi connectivity index (χ2n) is 3.89. The van der Waals surface area contributed by atoms with Crippen molar-refractivity contribution in [2.75, 3.05) is 0 Å². The van der Waals surface area contributed by atoms with Crippen LogP contribution in [0.4, 0.5) is 0 Å². The lowest BCUT2D eigenvalue weighted by Crippen LogP contribution is -2.01. The lowest BCUT2D eigenvalue weighted by atomic mass is 10.1. The van der Waals surface area contributed by atoms with Crippen LogP contribution < -0.4 is 0 Å². The summed E-state index contributed by atoms with van der Waals surface area (Å²) >= 11 is 6.12. The zero-order chi connectivity index (χ0) is 12.4. The summed E-state index contributed by atoms with van der Waals surface area (Å²) in [6, 6.07) is 8.92. The van der Waals surface area contributed by atoms with E-state index in [0.717, 1.165) is 17.7 Å². The topological polar surface area (TPSA) is 30.2 Å². The number of hydrogen-bond donors (Lipinski definition) is 0. The lowest BCUT2D eigenvalue weighted by Gasteiger charge is -2.03. The van der Waals surface area contributed by atoms with Crippen molar-refractivity contribution in [3.05, 3.63) is 58.0 Å². The first-order valence-electron chi connectivity index (χ1n) is 5.52. The molecule has 1 aromatic heterocycles. The molecule has 0 fully saturated rings. The minimum Gasteiger partial charge on any atom is -0.458 e. The molecule has 88 valence electrons. The molecule has 0 saturated heterocycles. The van der Waals surface area contributed by atoms with E-state index in [0.29, 0.717) is 16.3 Å². The van der Waals surface area contributed by atoms with E-state index in [-0.39, 0.29) is 5.78 Å². The SMILES string of the molecule is CCc1ccc(C(=O)c2cccc(C)c2Cl)o1. The molecule has 0 spiro atoms. The first kappa shape index (κ1) is 11.9. The molecule has 1 heterocycles. The highest BCUT2D eigenvalue weighted by molar-refractivity contribution is 6.35. The van der Waals surface area contributed by atoms with Crippen LogP contribution in [0, 0.1) is 6.92 Å². The van der Waals surface area contributed by atoms with Crippen molar-refractivity contribution in [1.29, 1.82) is 0 Å². The fourth-order valence-corrected chi connectivity index (χ4v) is 1.86. The summed E-state index contributed by atoms with van der Waals surface area (Å²) in [4.78, 5) is 12.2. The Morgan fingerprint density at radius 2 is 2.06 bits per heavy atom. The molecule has 0 aliphatic rings. The molecule has 0 unspecified atom stereocenters. The number of hydrogen-bond acceptors (Lipinski definition) is 2. The van der Waals surface area contributed by atoms with Crippen molar-refractivity contribution in [3.8, 4) is 0 Å². The third-order valence-electron chi connectivity index (χ3n) is 2.67. The molecule has 0 atom stereocenters. The van der Waals surface area contributed by atoms with Crippen LogP contribution in [0.25, 0.3) is 0 Å². The van der Waals surface area contributed by atoms with Crippen LogP contribution >= 0.6 is 11.6 Å². The Labute approximate surface area is 105 Å². The van der Waals surface area contributed by atoms with E-state index >= 15 is 0 Å². The average molecular weight is 249 g/mol. The van der Waals surface area contributed by atoms with Gasteiger partial charge in [-0.05, 0) is 30.7 Å². The predicted molar refractivity (Wildman–Crippen MR) is 67.7 cm³/mol. The predicted octanol–water partition coefficient (Wildman–Crippen LogP) is 4.03. The van der Waals surface area contributed by atoms with E-state index < -0.39 is 0 Å². The maximum absolute atomic E-state index is 12.2. The van der Waals surface area contributed by atoms with E-state index in [1.807, 2.05) is 32.0 Å². The number of ketones is 1. The van der Waals surface area contributed by atoms with Crippen molar-refractivity contribution in [2.45, 2.75) is 20.3 Å². The Kier molecular flexibility index (Phi) is 3.34. The molecule has 0 radical (unpaired) electrons. The largest absolute Gasteiger partial charge is 0.458 e. The molecule has 0 bridgehead atoms. The van der Waals surface area contributed by atoms with Gasteiger partial charge in [-0.25, -0.2) is 0 Å². The summed E-state index contributed by atoms with van der Waals surface area (Å²) in [6.07, 6.45) is 0.773. The Balaban J connectivity index is 2.40. The molecule has 3 heteroatoms. The molecule has 2 nitrogen and oxygen atoms in total. The van der Waals surface area contributed by atoms with Crippen LogP contribution in [0.1, 0.15) is 34.4 Å². The molecule has 0 aliphatic heterocycles. The first-order valence-corrected chi connectivity index (χ1v) is 5.89. The van der Waals surface area contributed by atoms with Crippen LogP contribution in [-0.4, -0.2) is 5.78 Å². The maximum atomic E-state index is 12.2. The number of furan rings is 1. The minimum absolute atomic E-state index is 0.168. The molecule has 17 heavy (non-hydrogen) atoms. The highest BCUT2D eigenvalue weighted by atomic mass is 35.5. The van der Waals surface area contributed by atoms with E-state index in [4.69, 9.17) is 16.0 Å². The fourth-order valence-electron chi connectivity index (χ4n) is 1.65. The summed E-state index contributed by atoms with van der Waals surface area (Å²) in [6.45, 7) is 3.85. The molecule has 2 aromatic rings. The normalized spacial score (nSPS) is 10.5. The number of carbonyl (C=O) groups is 1. The Hall–Kier alpha value is -1.54. The van der Waals surface area contributed by atoms with E-state index in [1.165, 1.54) is 0 Å². The van der Waals surface area contributed by atoms with Gasteiger partial charge in [0.2, 0.25) is 5.78 Å². The number of aryl methyl sites for hydroxylation is 2. The molecule has 0 saturated carbocycles. The summed E-state index contributed by atoms with van der Waals surface area (Å²) in [7, 11) is 0. The van der Waals surface area contributed by atoms with Crippen LogP contribution in [0.15, 0.2) is 34.7 Å². The minimum atomic E-state index is -0.168. The van der Waals surface area contributed by atoms with Crippen molar-refractivity contribution >= 4 is 17.4 Å². The summed E-state index contributed by atoms with van der Waals surface area (Å²) < 4.78 is 5.44. The van der Waals surface area contributed by atoms with Crippen LogP contribution in [0.5, 0.6) is 0 Å². The zero-order valence-corrected chi connectivity index (χ0v) is 10.5. The van der Waals surface area contributed by atoms with Gasteiger partial charge in [0.15, 0.2) is 5.76 Å². The van der Waals surface area contributed by atoms with Gasteiger partial charge in [0.25, 0.3) is 0 Å². The van der Waals surface area contributed by atoms with Gasteiger partial charge in [0.05, 0.1) is 5.02 Å². The zero-order valence-electron chi connectivity index (χ0n) is 9.79. The Morgan fingerprint density at radius 3 is 2.71 bits per heavy atom. The van der Waals surface area contributed by atoms with Gasteiger partial charge >= 0.3 is 0 Å². The highest BCUT2D eigenvalue weighted by Gasteiger charge is 2.17. The summed E-state index contributed by atoms with van der Waals surface area (Å²) in [5.74, 6) is 0.977. The maximum Gasteiger partial charge on any atom is 0.229 e. The van der Waals surface area contributed by atoms with Gasteiger partial charge in [-0.3, -0.25) is 4.79 Å². The van der Waals surface area contributed by atoms with Crippen molar-refractivity contribution in [2.24, 2.45) is 0 Å². The number of carbonyl (C=O) groups excluding carboxylic acids is 1. The summed E-state index contributed by atoms with van der Waals surface area (Å²) in [5.41, 5.74) is 1.38. The van der Waals surface area contributed by atoms with Crippen molar-refractivity contribution in [3.63, 3.8) is 0 Å². The summed E-state index contributed by atoms with van der Waals surface area (Å²) in [5, 5.41) is 0.493. The van der Waals surface area contributed by atoms with E-state index in [1.54, 1.807) is 12.1 Å². The molecule has 2 rings (SSSR count). The van der Waals surface area contributed by atoms with E-state index in [2.05, 4.69) is 0 Å². The standard InChI is InChI=1S/C14H13ClO2/c1-3-10-7-8-12(17-10)14(16)11-6-4-5-9(2)13(11)15/h4-8H,3H2,1-2H3. The third-order valence-corrected chi connectivity index (χ3v) is 3.17. The molecule has 0 aliphatic carbocycles. The molecule has 0 amide bonds. The smallest absolute Gasteiger partial charge is 0.229 e. The van der Waals surface area contributed by atoms with Crippen LogP contribution in [0.2, 0.25) is 5.02 Å². The van der Waals surface area contributed by atoms with Gasteiger partial charge in [-0.15, -0.1) is 0 Å². The third kappa shape index (κ3) is 2.27. The number of halogens is 1. The number of rotatable bonds is 3. The molecular weight excluding hydrogens is 236 g/mol. The van der Waals surface area contributed by atoms with Crippen LogP contribution in [-0.2, 0) is 6.42 Å². The van der Waals surface area contributed by atoms with Gasteiger partial charge < -0.3 is 4.42 Å². The van der Waals surface area contributed by atoms with Crippen molar-refractivity contribution < 1.29 is 9.21 Å². The molecular formula is C14H13ClO2. The molecule has 0 N–H and O–H groups in total. The Bertz CT molecular complexity index is 555. The van der Waals surface area contributed by atoms with Gasteiger partial charge in [-0.1, -0.05) is 30.7 Å². The average Bonchev–Trinajstić information content (AvgIpc) is 2.80. The first-order chi connectivity index (χ1) is 8.13. The van der Waals surface area contributed by atoms with Gasteiger partial charge in [0, 0.05) is 12.0 Å². The van der Waals surface area contributed by atoms with Gasteiger partial charge in [-0.2, -0.15) is 0 Å². The molecule has 1 aromatic carbocycles. The second kappa shape index (κ2) is 4.76.